The summed E-state index contributed by atoms with van der Waals surface area (Å²) >= 11 is 0. The van der Waals surface area contributed by atoms with Gasteiger partial charge in [0.2, 0.25) is 5.90 Å². The average molecular weight is 234 g/mol. The number of ether oxygens (including phenoxy) is 1. The van der Waals surface area contributed by atoms with Crippen LogP contribution in [0.25, 0.3) is 0 Å². The first-order valence-corrected chi connectivity index (χ1v) is 5.43. The Morgan fingerprint density at radius 3 is 3.00 bits per heavy atom. The summed E-state index contributed by atoms with van der Waals surface area (Å²) in [6, 6.07) is 7.17. The molecule has 1 unspecified atom stereocenters. The van der Waals surface area contributed by atoms with Crippen LogP contribution in [0.2, 0.25) is 0 Å². The number of nitrogens with zero attached hydrogens (tertiary/aromatic N) is 1. The van der Waals surface area contributed by atoms with Crippen molar-refractivity contribution in [2.75, 3.05) is 19.7 Å². The fraction of sp³-hybridized carbons (Fsp3) is 0.333. The van der Waals surface area contributed by atoms with Crippen molar-refractivity contribution in [1.82, 2.24) is 0 Å². The molecular formula is C12H14N2O3. The number of carboxylic acids is 1. The highest BCUT2D eigenvalue weighted by Gasteiger charge is 2.19. The van der Waals surface area contributed by atoms with Crippen LogP contribution in [0.15, 0.2) is 29.3 Å². The van der Waals surface area contributed by atoms with Gasteiger partial charge in [-0.1, -0.05) is 12.1 Å². The molecule has 5 nitrogen and oxygen atoms in total. The van der Waals surface area contributed by atoms with E-state index in [-0.39, 0.29) is 6.54 Å². The van der Waals surface area contributed by atoms with E-state index in [0.29, 0.717) is 24.6 Å². The number of rotatable bonds is 4. The molecule has 1 heterocycles. The zero-order chi connectivity index (χ0) is 12.3. The van der Waals surface area contributed by atoms with Crippen LogP contribution in [0.1, 0.15) is 17.0 Å². The van der Waals surface area contributed by atoms with E-state index in [1.165, 1.54) is 0 Å². The van der Waals surface area contributed by atoms with E-state index >= 15 is 0 Å². The molecule has 90 valence electrons. The van der Waals surface area contributed by atoms with Gasteiger partial charge in [-0.3, -0.25) is 4.79 Å². The third-order valence-electron chi connectivity index (χ3n) is 2.66. The number of aliphatic carboxylic acids is 1. The summed E-state index contributed by atoms with van der Waals surface area (Å²) in [6.45, 7) is 1.31. The molecule has 0 fully saturated rings. The minimum absolute atomic E-state index is 0.0755. The van der Waals surface area contributed by atoms with Crippen molar-refractivity contribution in [2.24, 2.45) is 10.7 Å². The molecule has 2 rings (SSSR count). The van der Waals surface area contributed by atoms with Crippen LogP contribution in [-0.2, 0) is 9.53 Å². The average Bonchev–Trinajstić information content (AvgIpc) is 2.83. The van der Waals surface area contributed by atoms with Gasteiger partial charge >= 0.3 is 5.97 Å². The predicted molar refractivity (Wildman–Crippen MR) is 63.2 cm³/mol. The van der Waals surface area contributed by atoms with E-state index in [0.717, 1.165) is 5.56 Å². The Bertz CT molecular complexity index is 457. The van der Waals surface area contributed by atoms with Gasteiger partial charge in [-0.05, 0) is 17.7 Å². The SMILES string of the molecule is NCC(C(=O)O)c1cccc(C2=NCCO2)c1. The molecule has 3 N–H and O–H groups in total. The van der Waals surface area contributed by atoms with E-state index in [1.54, 1.807) is 18.2 Å². The van der Waals surface area contributed by atoms with Crippen molar-refractivity contribution in [3.05, 3.63) is 35.4 Å². The molecule has 1 aromatic rings. The van der Waals surface area contributed by atoms with Gasteiger partial charge < -0.3 is 15.6 Å². The standard InChI is InChI=1S/C12H14N2O3/c13-7-10(12(15)16)8-2-1-3-9(6-8)11-14-4-5-17-11/h1-3,6,10H,4-5,7,13H2,(H,15,16). The fourth-order valence-corrected chi connectivity index (χ4v) is 1.78. The highest BCUT2D eigenvalue weighted by molar-refractivity contribution is 5.95. The Labute approximate surface area is 98.9 Å². The van der Waals surface area contributed by atoms with Crippen LogP contribution >= 0.6 is 0 Å². The van der Waals surface area contributed by atoms with Gasteiger partial charge in [0.15, 0.2) is 0 Å². The Hall–Kier alpha value is -1.88. The van der Waals surface area contributed by atoms with E-state index in [4.69, 9.17) is 15.6 Å². The van der Waals surface area contributed by atoms with Crippen molar-refractivity contribution in [1.29, 1.82) is 0 Å². The number of hydrogen-bond donors (Lipinski definition) is 2. The van der Waals surface area contributed by atoms with Gasteiger partial charge in [0.25, 0.3) is 0 Å². The zero-order valence-corrected chi connectivity index (χ0v) is 9.30. The highest BCUT2D eigenvalue weighted by Crippen LogP contribution is 2.18. The Balaban J connectivity index is 2.30. The number of benzene rings is 1. The second-order valence-electron chi connectivity index (χ2n) is 3.79. The summed E-state index contributed by atoms with van der Waals surface area (Å²) in [4.78, 5) is 15.2. The lowest BCUT2D eigenvalue weighted by atomic mass is 9.97. The molecule has 0 amide bonds. The van der Waals surface area contributed by atoms with Crippen molar-refractivity contribution in [3.63, 3.8) is 0 Å². The van der Waals surface area contributed by atoms with Gasteiger partial charge in [-0.2, -0.15) is 0 Å². The molecule has 17 heavy (non-hydrogen) atoms. The van der Waals surface area contributed by atoms with Crippen molar-refractivity contribution in [2.45, 2.75) is 5.92 Å². The van der Waals surface area contributed by atoms with E-state index in [2.05, 4.69) is 4.99 Å². The summed E-state index contributed by atoms with van der Waals surface area (Å²) in [6.07, 6.45) is 0. The van der Waals surface area contributed by atoms with Crippen LogP contribution in [-0.4, -0.2) is 36.7 Å². The molecule has 0 spiro atoms. The van der Waals surface area contributed by atoms with Crippen LogP contribution < -0.4 is 5.73 Å². The molecule has 1 aliphatic rings. The van der Waals surface area contributed by atoms with Gasteiger partial charge in [-0.15, -0.1) is 0 Å². The molecule has 0 aromatic heterocycles. The van der Waals surface area contributed by atoms with Gasteiger partial charge in [0, 0.05) is 12.1 Å². The Morgan fingerprint density at radius 2 is 2.41 bits per heavy atom. The molecule has 0 saturated heterocycles. The second-order valence-corrected chi connectivity index (χ2v) is 3.79. The topological polar surface area (TPSA) is 84.9 Å². The first-order valence-electron chi connectivity index (χ1n) is 5.43. The largest absolute Gasteiger partial charge is 0.481 e. The smallest absolute Gasteiger partial charge is 0.312 e. The van der Waals surface area contributed by atoms with E-state index < -0.39 is 11.9 Å². The van der Waals surface area contributed by atoms with Crippen LogP contribution in [0.3, 0.4) is 0 Å². The minimum Gasteiger partial charge on any atom is -0.481 e. The minimum atomic E-state index is -0.918. The van der Waals surface area contributed by atoms with Crippen LogP contribution in [0, 0.1) is 0 Å². The summed E-state index contributed by atoms with van der Waals surface area (Å²) in [5.41, 5.74) is 6.95. The fourth-order valence-electron chi connectivity index (χ4n) is 1.78. The normalized spacial score (nSPS) is 16.2. The second kappa shape index (κ2) is 4.97. The third-order valence-corrected chi connectivity index (χ3v) is 2.66. The van der Waals surface area contributed by atoms with Gasteiger partial charge in [-0.25, -0.2) is 4.99 Å². The van der Waals surface area contributed by atoms with E-state index in [9.17, 15) is 4.79 Å². The lowest BCUT2D eigenvalue weighted by Gasteiger charge is -2.11. The third kappa shape index (κ3) is 2.45. The van der Waals surface area contributed by atoms with Gasteiger partial charge in [0.05, 0.1) is 12.5 Å². The number of aliphatic imine (C=N–C) groups is 1. The Kier molecular flexibility index (Phi) is 3.39. The highest BCUT2D eigenvalue weighted by atomic mass is 16.5. The quantitative estimate of drug-likeness (QED) is 0.798. The summed E-state index contributed by atoms with van der Waals surface area (Å²) in [5, 5.41) is 9.04. The maximum absolute atomic E-state index is 11.0. The molecule has 1 atom stereocenters. The van der Waals surface area contributed by atoms with Gasteiger partial charge in [0.1, 0.15) is 6.61 Å². The van der Waals surface area contributed by atoms with Crippen LogP contribution in [0.5, 0.6) is 0 Å². The molecule has 0 bridgehead atoms. The molecule has 1 aromatic carbocycles. The molecule has 0 aliphatic carbocycles. The maximum Gasteiger partial charge on any atom is 0.312 e. The number of carbonyl (C=O) groups is 1. The molecule has 0 saturated carbocycles. The molecular weight excluding hydrogens is 220 g/mol. The number of nitrogens with two attached hydrogens (primary N) is 1. The summed E-state index contributed by atoms with van der Waals surface area (Å²) < 4.78 is 5.34. The lowest BCUT2D eigenvalue weighted by molar-refractivity contribution is -0.138. The van der Waals surface area contributed by atoms with Crippen LogP contribution in [0.4, 0.5) is 0 Å². The molecule has 0 radical (unpaired) electrons. The zero-order valence-electron chi connectivity index (χ0n) is 9.30. The number of hydrogen-bond acceptors (Lipinski definition) is 4. The molecule has 5 heteroatoms. The van der Waals surface area contributed by atoms with E-state index in [1.807, 2.05) is 6.07 Å². The summed E-state index contributed by atoms with van der Waals surface area (Å²) in [7, 11) is 0. The Morgan fingerprint density at radius 1 is 1.59 bits per heavy atom. The van der Waals surface area contributed by atoms with Crippen molar-refractivity contribution in [3.8, 4) is 0 Å². The summed E-state index contributed by atoms with van der Waals surface area (Å²) in [5.74, 6) is -1.02. The van der Waals surface area contributed by atoms with Crippen molar-refractivity contribution >= 4 is 11.9 Å². The first kappa shape index (κ1) is 11.6. The maximum atomic E-state index is 11.0. The lowest BCUT2D eigenvalue weighted by Crippen LogP contribution is -2.21. The molecule has 1 aliphatic heterocycles. The predicted octanol–water partition coefficient (Wildman–Crippen LogP) is 0.590. The number of carboxylic acid groups (broad SMARTS) is 1. The monoisotopic (exact) mass is 234 g/mol. The van der Waals surface area contributed by atoms with Crippen molar-refractivity contribution < 1.29 is 14.6 Å². The first-order chi connectivity index (χ1) is 8.22.